The van der Waals surface area contributed by atoms with Gasteiger partial charge in [0.05, 0.1) is 12.1 Å². The van der Waals surface area contributed by atoms with Crippen LogP contribution in [-0.4, -0.2) is 10.8 Å². The van der Waals surface area contributed by atoms with E-state index in [-0.39, 0.29) is 5.41 Å². The number of benzene rings is 1. The van der Waals surface area contributed by atoms with Gasteiger partial charge in [0, 0.05) is 16.4 Å². The number of ketones is 1. The molecular formula is C18H21NOS. The number of thiazole rings is 1. The van der Waals surface area contributed by atoms with E-state index in [0.29, 0.717) is 12.2 Å². The number of rotatable bonds is 4. The highest BCUT2D eigenvalue weighted by molar-refractivity contribution is 7.10. The third kappa shape index (κ3) is 3.24. The van der Waals surface area contributed by atoms with Gasteiger partial charge in [-0.2, -0.15) is 0 Å². The topological polar surface area (TPSA) is 30.0 Å². The Balaban J connectivity index is 1.71. The lowest BCUT2D eigenvalue weighted by Gasteiger charge is -2.31. The molecule has 3 heteroatoms. The van der Waals surface area contributed by atoms with Gasteiger partial charge in [-0.1, -0.05) is 56.5 Å². The fourth-order valence-corrected chi connectivity index (χ4v) is 3.90. The first-order chi connectivity index (χ1) is 10.2. The Kier molecular flexibility index (Phi) is 4.20. The molecular weight excluding hydrogens is 278 g/mol. The van der Waals surface area contributed by atoms with E-state index >= 15 is 0 Å². The lowest BCUT2D eigenvalue weighted by atomic mass is 9.72. The fourth-order valence-electron chi connectivity index (χ4n) is 3.10. The number of nitrogens with zero attached hydrogens (tertiary/aromatic N) is 1. The zero-order chi connectivity index (χ0) is 14.7. The maximum Gasteiger partial charge on any atom is 0.145 e. The van der Waals surface area contributed by atoms with Crippen LogP contribution in [0.15, 0.2) is 35.7 Å². The van der Waals surface area contributed by atoms with E-state index in [9.17, 15) is 4.79 Å². The molecule has 3 rings (SSSR count). The lowest BCUT2D eigenvalue weighted by Crippen LogP contribution is -2.31. The predicted molar refractivity (Wildman–Crippen MR) is 87.5 cm³/mol. The molecule has 0 spiro atoms. The molecule has 0 atom stereocenters. The molecule has 0 N–H and O–H groups in total. The molecule has 21 heavy (non-hydrogen) atoms. The van der Waals surface area contributed by atoms with Crippen LogP contribution in [0.25, 0.3) is 11.3 Å². The second-order valence-electron chi connectivity index (χ2n) is 6.21. The van der Waals surface area contributed by atoms with E-state index in [1.807, 2.05) is 18.2 Å². The van der Waals surface area contributed by atoms with Crippen molar-refractivity contribution in [1.29, 1.82) is 0 Å². The van der Waals surface area contributed by atoms with Crippen LogP contribution >= 0.6 is 11.3 Å². The van der Waals surface area contributed by atoms with Crippen molar-refractivity contribution in [3.05, 3.63) is 40.7 Å². The number of carbonyl (C=O) groups excluding carboxylic acids is 1. The number of carbonyl (C=O) groups is 1. The molecule has 2 aromatic rings. The minimum Gasteiger partial charge on any atom is -0.299 e. The normalized spacial score (nSPS) is 17.6. The third-order valence-electron chi connectivity index (χ3n) is 4.56. The molecule has 0 bridgehead atoms. The van der Waals surface area contributed by atoms with Gasteiger partial charge in [0.25, 0.3) is 0 Å². The van der Waals surface area contributed by atoms with E-state index in [4.69, 9.17) is 0 Å². The molecule has 1 aromatic heterocycles. The summed E-state index contributed by atoms with van der Waals surface area (Å²) in [7, 11) is 0. The zero-order valence-corrected chi connectivity index (χ0v) is 13.3. The molecule has 0 saturated heterocycles. The van der Waals surface area contributed by atoms with Gasteiger partial charge in [0.15, 0.2) is 0 Å². The minimum atomic E-state index is -0.114. The van der Waals surface area contributed by atoms with Crippen molar-refractivity contribution in [3.8, 4) is 11.3 Å². The van der Waals surface area contributed by atoms with E-state index in [1.165, 1.54) is 19.3 Å². The number of aromatic nitrogens is 1. The first-order valence-electron chi connectivity index (χ1n) is 7.70. The van der Waals surface area contributed by atoms with Crippen molar-refractivity contribution in [3.63, 3.8) is 0 Å². The maximum atomic E-state index is 12.6. The average Bonchev–Trinajstić information content (AvgIpc) is 2.97. The molecule has 2 nitrogen and oxygen atoms in total. The average molecular weight is 299 g/mol. The van der Waals surface area contributed by atoms with Crippen molar-refractivity contribution < 1.29 is 4.79 Å². The van der Waals surface area contributed by atoms with Crippen LogP contribution in [0.1, 0.15) is 44.0 Å². The Morgan fingerprint density at radius 1 is 1.19 bits per heavy atom. The van der Waals surface area contributed by atoms with Gasteiger partial charge in [-0.15, -0.1) is 11.3 Å². The van der Waals surface area contributed by atoms with Gasteiger partial charge in [-0.3, -0.25) is 4.79 Å². The van der Waals surface area contributed by atoms with Gasteiger partial charge in [-0.05, 0) is 12.8 Å². The summed E-state index contributed by atoms with van der Waals surface area (Å²) in [5.74, 6) is 0.371. The minimum absolute atomic E-state index is 0.114. The van der Waals surface area contributed by atoms with E-state index < -0.39 is 0 Å². The molecule has 0 amide bonds. The van der Waals surface area contributed by atoms with Gasteiger partial charge in [0.2, 0.25) is 0 Å². The standard InChI is InChI=1S/C18H21NOS/c1-18(10-6-3-7-11-18)16(20)12-17-19-15(13-21-17)14-8-4-2-5-9-14/h2,4-5,8-9,13H,3,6-7,10-12H2,1H3. The summed E-state index contributed by atoms with van der Waals surface area (Å²) in [5.41, 5.74) is 1.99. The van der Waals surface area contributed by atoms with Crippen molar-refractivity contribution >= 4 is 17.1 Å². The fraction of sp³-hybridized carbons (Fsp3) is 0.444. The molecule has 0 unspecified atom stereocenters. The Labute approximate surface area is 130 Å². The van der Waals surface area contributed by atoms with Gasteiger partial charge in [0.1, 0.15) is 10.8 Å². The molecule has 1 aromatic carbocycles. The van der Waals surface area contributed by atoms with Crippen molar-refractivity contribution in [1.82, 2.24) is 4.98 Å². The first-order valence-corrected chi connectivity index (χ1v) is 8.58. The number of hydrogen-bond donors (Lipinski definition) is 0. The first kappa shape index (κ1) is 14.5. The van der Waals surface area contributed by atoms with Crippen molar-refractivity contribution in [2.75, 3.05) is 0 Å². The number of Topliss-reactive ketones (excluding diaryl/α,β-unsaturated/α-hetero) is 1. The van der Waals surface area contributed by atoms with Crippen LogP contribution in [-0.2, 0) is 11.2 Å². The Morgan fingerprint density at radius 2 is 1.90 bits per heavy atom. The lowest BCUT2D eigenvalue weighted by molar-refractivity contribution is -0.128. The van der Waals surface area contributed by atoms with Crippen LogP contribution < -0.4 is 0 Å². The Bertz CT molecular complexity index is 611. The molecule has 1 aliphatic rings. The molecule has 1 aliphatic carbocycles. The molecule has 1 heterocycles. The summed E-state index contributed by atoms with van der Waals surface area (Å²) in [5, 5.41) is 3.01. The van der Waals surface area contributed by atoms with E-state index in [0.717, 1.165) is 29.1 Å². The van der Waals surface area contributed by atoms with Crippen LogP contribution in [0.2, 0.25) is 0 Å². The number of hydrogen-bond acceptors (Lipinski definition) is 3. The van der Waals surface area contributed by atoms with Gasteiger partial charge < -0.3 is 0 Å². The van der Waals surface area contributed by atoms with Crippen LogP contribution in [0, 0.1) is 5.41 Å². The molecule has 1 saturated carbocycles. The van der Waals surface area contributed by atoms with Crippen molar-refractivity contribution in [2.24, 2.45) is 5.41 Å². The summed E-state index contributed by atoms with van der Waals surface area (Å²) in [6.45, 7) is 2.14. The molecule has 1 fully saturated rings. The third-order valence-corrected chi connectivity index (χ3v) is 5.41. The smallest absolute Gasteiger partial charge is 0.145 e. The Morgan fingerprint density at radius 3 is 2.62 bits per heavy atom. The molecule has 0 radical (unpaired) electrons. The van der Waals surface area contributed by atoms with Crippen molar-refractivity contribution in [2.45, 2.75) is 45.4 Å². The summed E-state index contributed by atoms with van der Waals surface area (Å²) in [6, 6.07) is 10.2. The molecule has 110 valence electrons. The summed E-state index contributed by atoms with van der Waals surface area (Å²) >= 11 is 1.60. The maximum absolute atomic E-state index is 12.6. The molecule has 0 aliphatic heterocycles. The van der Waals surface area contributed by atoms with E-state index in [2.05, 4.69) is 29.4 Å². The summed E-state index contributed by atoms with van der Waals surface area (Å²) in [4.78, 5) is 17.2. The van der Waals surface area contributed by atoms with Gasteiger partial charge in [-0.25, -0.2) is 4.98 Å². The van der Waals surface area contributed by atoms with Gasteiger partial charge >= 0.3 is 0 Å². The quantitative estimate of drug-likeness (QED) is 0.804. The summed E-state index contributed by atoms with van der Waals surface area (Å²) < 4.78 is 0. The Hall–Kier alpha value is -1.48. The second kappa shape index (κ2) is 6.10. The van der Waals surface area contributed by atoms with Crippen LogP contribution in [0.3, 0.4) is 0 Å². The highest BCUT2D eigenvalue weighted by Gasteiger charge is 2.34. The second-order valence-corrected chi connectivity index (χ2v) is 7.16. The van der Waals surface area contributed by atoms with Crippen LogP contribution in [0.5, 0.6) is 0 Å². The highest BCUT2D eigenvalue weighted by atomic mass is 32.1. The van der Waals surface area contributed by atoms with E-state index in [1.54, 1.807) is 11.3 Å². The largest absolute Gasteiger partial charge is 0.299 e. The predicted octanol–water partition coefficient (Wildman–Crippen LogP) is 4.89. The highest BCUT2D eigenvalue weighted by Crippen LogP contribution is 2.37. The summed E-state index contributed by atoms with van der Waals surface area (Å²) in [6.07, 6.45) is 6.24. The zero-order valence-electron chi connectivity index (χ0n) is 12.5. The monoisotopic (exact) mass is 299 g/mol. The van der Waals surface area contributed by atoms with Crippen LogP contribution in [0.4, 0.5) is 0 Å². The SMILES string of the molecule is CC1(C(=O)Cc2nc(-c3ccccc3)cs2)CCCCC1.